The normalized spacial score (nSPS) is 31.8. The summed E-state index contributed by atoms with van der Waals surface area (Å²) in [7, 11) is -3.29. The molecule has 1 aliphatic carbocycles. The molecule has 0 spiro atoms. The van der Waals surface area contributed by atoms with Crippen LogP contribution in [-0.4, -0.2) is 26.8 Å². The maximum atomic E-state index is 15.2. The number of hydrogen-bond donors (Lipinski definition) is 1. The number of sulfonamides is 1. The van der Waals surface area contributed by atoms with Gasteiger partial charge in [-0.3, -0.25) is 0 Å². The monoisotopic (exact) mass is 453 g/mol. The van der Waals surface area contributed by atoms with Crippen molar-refractivity contribution in [1.29, 1.82) is 0 Å². The number of ether oxygens (including phenoxy) is 1. The molecule has 2 aliphatic heterocycles. The molecule has 0 radical (unpaired) electrons. The highest BCUT2D eigenvalue weighted by molar-refractivity contribution is 7.89. The minimum absolute atomic E-state index is 0.00458. The van der Waals surface area contributed by atoms with Gasteiger partial charge in [-0.05, 0) is 61.4 Å². The Balaban J connectivity index is 1.64. The van der Waals surface area contributed by atoms with E-state index in [0.29, 0.717) is 36.3 Å². The first-order chi connectivity index (χ1) is 14.3. The molecular weight excluding hydrogens is 432 g/mol. The molecular formula is C22H22ClF2NO3S. The number of benzene rings is 2. The van der Waals surface area contributed by atoms with Crippen molar-refractivity contribution in [3.63, 3.8) is 0 Å². The van der Waals surface area contributed by atoms with Gasteiger partial charge in [-0.2, -0.15) is 0 Å². The van der Waals surface area contributed by atoms with Gasteiger partial charge in [-0.15, -0.1) is 0 Å². The summed E-state index contributed by atoms with van der Waals surface area (Å²) in [5, 5.41) is 0.614. The Hall–Kier alpha value is -1.70. The summed E-state index contributed by atoms with van der Waals surface area (Å²) in [6.07, 6.45) is 2.12. The van der Waals surface area contributed by atoms with Crippen molar-refractivity contribution in [2.75, 3.05) is 12.4 Å². The lowest BCUT2D eigenvalue weighted by molar-refractivity contribution is 0.0146. The maximum Gasteiger partial charge on any atom is 0.211 e. The zero-order chi connectivity index (χ0) is 21.1. The van der Waals surface area contributed by atoms with E-state index >= 15 is 4.39 Å². The average Bonchev–Trinajstić information content (AvgIpc) is 2.71. The highest BCUT2D eigenvalue weighted by Crippen LogP contribution is 2.56. The van der Waals surface area contributed by atoms with Gasteiger partial charge in [0, 0.05) is 28.0 Å². The summed E-state index contributed by atoms with van der Waals surface area (Å²) in [4.78, 5) is 0. The lowest BCUT2D eigenvalue weighted by Crippen LogP contribution is -2.60. The first-order valence-corrected chi connectivity index (χ1v) is 12.2. The highest BCUT2D eigenvalue weighted by atomic mass is 35.5. The predicted molar refractivity (Wildman–Crippen MR) is 110 cm³/mol. The van der Waals surface area contributed by atoms with Crippen molar-refractivity contribution in [1.82, 2.24) is 4.72 Å². The molecule has 1 saturated heterocycles. The standard InChI is InChI=1S/C22H22ClF2NO3S/c23-14-3-1-13(2-4-14)11-22-9-7-19-15(8-10-30(27,28)26-19)16(22)12-29-21-18(25)6-5-17(24)20(21)22/h1-6,15-16,19,26H,7-12H2/t15-,16-,19+,22-/m0/s1. The Bertz CT molecular complexity index is 1090. The smallest absolute Gasteiger partial charge is 0.211 e. The average molecular weight is 454 g/mol. The van der Waals surface area contributed by atoms with E-state index in [4.69, 9.17) is 16.3 Å². The summed E-state index contributed by atoms with van der Waals surface area (Å²) in [5.74, 6) is -1.12. The lowest BCUT2D eigenvalue weighted by Gasteiger charge is -2.55. The summed E-state index contributed by atoms with van der Waals surface area (Å²) >= 11 is 6.04. The molecule has 0 aromatic heterocycles. The molecule has 2 aromatic rings. The lowest BCUT2D eigenvalue weighted by atomic mass is 9.54. The van der Waals surface area contributed by atoms with E-state index in [1.54, 1.807) is 12.1 Å². The first-order valence-electron chi connectivity index (χ1n) is 10.1. The van der Waals surface area contributed by atoms with Crippen LogP contribution in [0.1, 0.15) is 30.4 Å². The SMILES string of the molecule is O=S1(=O)CC[C@@H]2[C@@H](CC[C@@]3(Cc4ccc(Cl)cc4)c4c(F)ccc(F)c4OC[C@@H]23)N1. The van der Waals surface area contributed by atoms with Crippen LogP contribution in [0.3, 0.4) is 0 Å². The Kier molecular flexibility index (Phi) is 4.84. The third kappa shape index (κ3) is 3.22. The highest BCUT2D eigenvalue weighted by Gasteiger charge is 2.56. The van der Waals surface area contributed by atoms with Crippen LogP contribution in [-0.2, 0) is 21.9 Å². The second kappa shape index (κ2) is 7.18. The maximum absolute atomic E-state index is 15.2. The second-order valence-electron chi connectivity index (χ2n) is 8.64. The third-order valence-corrected chi connectivity index (χ3v) is 8.78. The quantitative estimate of drug-likeness (QED) is 0.741. The molecule has 4 nitrogen and oxygen atoms in total. The van der Waals surface area contributed by atoms with Crippen LogP contribution in [0, 0.1) is 23.5 Å². The molecule has 0 unspecified atom stereocenters. The number of rotatable bonds is 2. The Morgan fingerprint density at radius 2 is 1.83 bits per heavy atom. The van der Waals surface area contributed by atoms with Crippen LogP contribution < -0.4 is 9.46 Å². The van der Waals surface area contributed by atoms with E-state index in [2.05, 4.69) is 4.72 Å². The number of halogens is 3. The van der Waals surface area contributed by atoms with E-state index in [0.717, 1.165) is 11.6 Å². The predicted octanol–water partition coefficient (Wildman–Crippen LogP) is 4.21. The van der Waals surface area contributed by atoms with Crippen LogP contribution in [0.15, 0.2) is 36.4 Å². The van der Waals surface area contributed by atoms with Crippen LogP contribution >= 0.6 is 11.6 Å². The van der Waals surface area contributed by atoms with Gasteiger partial charge in [0.05, 0.1) is 12.4 Å². The van der Waals surface area contributed by atoms with Gasteiger partial charge < -0.3 is 4.74 Å². The van der Waals surface area contributed by atoms with Crippen molar-refractivity contribution < 1.29 is 21.9 Å². The van der Waals surface area contributed by atoms with Crippen LogP contribution in [0.2, 0.25) is 5.02 Å². The van der Waals surface area contributed by atoms with Gasteiger partial charge in [-0.25, -0.2) is 21.9 Å². The first kappa shape index (κ1) is 20.2. The molecule has 2 aromatic carbocycles. The van der Waals surface area contributed by atoms with Gasteiger partial charge >= 0.3 is 0 Å². The molecule has 1 saturated carbocycles. The fourth-order valence-electron chi connectivity index (χ4n) is 5.81. The third-order valence-electron chi connectivity index (χ3n) is 7.09. The molecule has 5 rings (SSSR count). The van der Waals surface area contributed by atoms with Gasteiger partial charge in [0.15, 0.2) is 11.6 Å². The van der Waals surface area contributed by atoms with Gasteiger partial charge in [-0.1, -0.05) is 23.7 Å². The van der Waals surface area contributed by atoms with Crippen LogP contribution in [0.4, 0.5) is 8.78 Å². The second-order valence-corrected chi connectivity index (χ2v) is 11.0. The zero-order valence-electron chi connectivity index (χ0n) is 16.2. The molecule has 3 aliphatic rings. The molecule has 30 heavy (non-hydrogen) atoms. The molecule has 2 heterocycles. The molecule has 0 amide bonds. The van der Waals surface area contributed by atoms with Crippen molar-refractivity contribution in [2.24, 2.45) is 11.8 Å². The van der Waals surface area contributed by atoms with Crippen molar-refractivity contribution in [2.45, 2.75) is 37.1 Å². The van der Waals surface area contributed by atoms with E-state index in [1.807, 2.05) is 12.1 Å². The summed E-state index contributed by atoms with van der Waals surface area (Å²) in [5.41, 5.74) is 0.605. The minimum Gasteiger partial charge on any atom is -0.490 e. The molecule has 0 bridgehead atoms. The molecule has 1 N–H and O–H groups in total. The van der Waals surface area contributed by atoms with E-state index in [-0.39, 0.29) is 36.0 Å². The van der Waals surface area contributed by atoms with E-state index < -0.39 is 27.1 Å². The van der Waals surface area contributed by atoms with Gasteiger partial charge in [0.1, 0.15) is 5.82 Å². The van der Waals surface area contributed by atoms with Crippen molar-refractivity contribution in [3.8, 4) is 5.75 Å². The summed E-state index contributed by atoms with van der Waals surface area (Å²) in [6.45, 7) is 0.240. The largest absolute Gasteiger partial charge is 0.490 e. The number of nitrogens with one attached hydrogen (secondary N) is 1. The zero-order valence-corrected chi connectivity index (χ0v) is 17.8. The number of fused-ring (bicyclic) bond motifs is 5. The van der Waals surface area contributed by atoms with Crippen LogP contribution in [0.25, 0.3) is 0 Å². The van der Waals surface area contributed by atoms with E-state index in [9.17, 15) is 12.8 Å². The topological polar surface area (TPSA) is 55.4 Å². The van der Waals surface area contributed by atoms with Gasteiger partial charge in [0.2, 0.25) is 10.0 Å². The molecule has 2 fully saturated rings. The number of hydrogen-bond acceptors (Lipinski definition) is 3. The fourth-order valence-corrected chi connectivity index (χ4v) is 7.39. The molecule has 160 valence electrons. The fraction of sp³-hybridized carbons (Fsp3) is 0.455. The van der Waals surface area contributed by atoms with E-state index in [1.165, 1.54) is 6.07 Å². The Morgan fingerprint density at radius 1 is 1.10 bits per heavy atom. The Morgan fingerprint density at radius 3 is 2.60 bits per heavy atom. The van der Waals surface area contributed by atoms with Crippen LogP contribution in [0.5, 0.6) is 5.75 Å². The molecule has 4 atom stereocenters. The summed E-state index contributed by atoms with van der Waals surface area (Å²) in [6, 6.07) is 9.49. The van der Waals surface area contributed by atoms with Gasteiger partial charge in [0.25, 0.3) is 0 Å². The minimum atomic E-state index is -3.29. The summed E-state index contributed by atoms with van der Waals surface area (Å²) < 4.78 is 62.6. The Labute approximate surface area is 179 Å². The van der Waals surface area contributed by atoms with Crippen molar-refractivity contribution in [3.05, 3.63) is 64.2 Å². The molecule has 8 heteroatoms. The van der Waals surface area contributed by atoms with Crippen molar-refractivity contribution >= 4 is 21.6 Å².